The molecule has 1 aliphatic rings. The van der Waals surface area contributed by atoms with E-state index >= 15 is 0 Å². The number of ether oxygens (including phenoxy) is 2. The lowest BCUT2D eigenvalue weighted by Gasteiger charge is -2.22. The summed E-state index contributed by atoms with van der Waals surface area (Å²) in [4.78, 5) is 26.7. The molecule has 0 bridgehead atoms. The summed E-state index contributed by atoms with van der Waals surface area (Å²) in [6, 6.07) is 7.39. The van der Waals surface area contributed by atoms with Gasteiger partial charge < -0.3 is 23.9 Å². The molecule has 142 valence electrons. The first-order valence-electron chi connectivity index (χ1n) is 8.57. The van der Waals surface area contributed by atoms with Gasteiger partial charge in [0.05, 0.1) is 31.6 Å². The number of methoxy groups -OCH3 is 2. The summed E-state index contributed by atoms with van der Waals surface area (Å²) in [6.07, 6.45) is 2.13. The Kier molecular flexibility index (Phi) is 5.21. The highest BCUT2D eigenvalue weighted by molar-refractivity contribution is 6.46. The Morgan fingerprint density at radius 1 is 1.22 bits per heavy atom. The van der Waals surface area contributed by atoms with Crippen LogP contribution >= 0.6 is 0 Å². The molecule has 1 fully saturated rings. The van der Waals surface area contributed by atoms with E-state index in [1.165, 1.54) is 25.4 Å². The van der Waals surface area contributed by atoms with Crippen molar-refractivity contribution in [2.45, 2.75) is 19.4 Å². The number of carbonyl (C=O) groups is 2. The van der Waals surface area contributed by atoms with Crippen LogP contribution < -0.4 is 9.47 Å². The van der Waals surface area contributed by atoms with E-state index in [0.29, 0.717) is 35.8 Å². The fourth-order valence-electron chi connectivity index (χ4n) is 3.23. The summed E-state index contributed by atoms with van der Waals surface area (Å²) in [6.45, 7) is 2.28. The average molecular weight is 371 g/mol. The minimum absolute atomic E-state index is 0.0214. The minimum atomic E-state index is -0.785. The smallest absolute Gasteiger partial charge is 0.295 e. The zero-order valence-corrected chi connectivity index (χ0v) is 15.4. The number of hydrogen-bond acceptors (Lipinski definition) is 6. The van der Waals surface area contributed by atoms with Crippen LogP contribution in [-0.4, -0.2) is 42.5 Å². The van der Waals surface area contributed by atoms with Crippen LogP contribution in [0.4, 0.5) is 0 Å². The standard InChI is InChI=1S/C20H21NO6/c1-4-9-21-17(14-6-5-10-27-14)16(19(23)20(21)24)18(22)13-8-7-12(25-2)11-15(13)26-3/h5-8,10-11,17,22H,4,9H2,1-3H3/b18-16-. The van der Waals surface area contributed by atoms with E-state index in [9.17, 15) is 14.7 Å². The second-order valence-electron chi connectivity index (χ2n) is 6.07. The SMILES string of the molecule is CCCN1C(=O)C(=O)/C(=C(\O)c2ccc(OC)cc2OC)C1c1ccco1. The Morgan fingerprint density at radius 3 is 2.59 bits per heavy atom. The number of amides is 1. The van der Waals surface area contributed by atoms with Crippen LogP contribution in [0.5, 0.6) is 11.5 Å². The Hall–Kier alpha value is -3.22. The van der Waals surface area contributed by atoms with Gasteiger partial charge in [-0.05, 0) is 30.7 Å². The fourth-order valence-corrected chi connectivity index (χ4v) is 3.23. The maximum absolute atomic E-state index is 12.7. The van der Waals surface area contributed by atoms with Crippen molar-refractivity contribution in [1.82, 2.24) is 4.90 Å². The number of Topliss-reactive ketones (excluding diaryl/α,β-unsaturated/α-hetero) is 1. The number of likely N-dealkylation sites (tertiary alicyclic amines) is 1. The number of rotatable bonds is 6. The molecular weight excluding hydrogens is 350 g/mol. The fraction of sp³-hybridized carbons (Fsp3) is 0.300. The predicted molar refractivity (Wildman–Crippen MR) is 97.6 cm³/mol. The molecule has 0 aliphatic carbocycles. The summed E-state index contributed by atoms with van der Waals surface area (Å²) in [5.41, 5.74) is 0.274. The van der Waals surface area contributed by atoms with Crippen molar-refractivity contribution in [3.05, 3.63) is 53.5 Å². The van der Waals surface area contributed by atoms with E-state index in [1.54, 1.807) is 30.3 Å². The highest BCUT2D eigenvalue weighted by Crippen LogP contribution is 2.41. The summed E-state index contributed by atoms with van der Waals surface area (Å²) >= 11 is 0. The van der Waals surface area contributed by atoms with Gasteiger partial charge in [0.2, 0.25) is 0 Å². The molecule has 0 radical (unpaired) electrons. The number of aliphatic hydroxyl groups is 1. The Balaban J connectivity index is 2.19. The van der Waals surface area contributed by atoms with Crippen molar-refractivity contribution < 1.29 is 28.6 Å². The van der Waals surface area contributed by atoms with E-state index < -0.39 is 17.7 Å². The summed E-state index contributed by atoms with van der Waals surface area (Å²) in [5, 5.41) is 11.0. The molecule has 0 saturated carbocycles. The van der Waals surface area contributed by atoms with Crippen molar-refractivity contribution >= 4 is 17.4 Å². The topological polar surface area (TPSA) is 89.2 Å². The molecule has 1 aromatic heterocycles. The monoisotopic (exact) mass is 371 g/mol. The van der Waals surface area contributed by atoms with Gasteiger partial charge in [-0.15, -0.1) is 0 Å². The second-order valence-corrected chi connectivity index (χ2v) is 6.07. The number of carbonyl (C=O) groups excluding carboxylic acids is 2. The summed E-state index contributed by atoms with van der Waals surface area (Å²) in [7, 11) is 2.97. The number of hydrogen-bond donors (Lipinski definition) is 1. The summed E-state index contributed by atoms with van der Waals surface area (Å²) < 4.78 is 15.9. The maximum Gasteiger partial charge on any atom is 0.295 e. The predicted octanol–water partition coefficient (Wildman–Crippen LogP) is 3.13. The average Bonchev–Trinajstić information content (AvgIpc) is 3.29. The van der Waals surface area contributed by atoms with Gasteiger partial charge in [-0.25, -0.2) is 0 Å². The van der Waals surface area contributed by atoms with Crippen LogP contribution in [0.1, 0.15) is 30.7 Å². The Morgan fingerprint density at radius 2 is 2.00 bits per heavy atom. The molecule has 1 aromatic carbocycles. The summed E-state index contributed by atoms with van der Waals surface area (Å²) in [5.74, 6) is -0.443. The molecule has 2 heterocycles. The van der Waals surface area contributed by atoms with E-state index in [2.05, 4.69) is 0 Å². The van der Waals surface area contributed by atoms with Crippen molar-refractivity contribution in [3.63, 3.8) is 0 Å². The number of furan rings is 1. The van der Waals surface area contributed by atoms with Gasteiger partial charge in [-0.3, -0.25) is 9.59 Å². The maximum atomic E-state index is 12.7. The van der Waals surface area contributed by atoms with Gasteiger partial charge in [0.25, 0.3) is 11.7 Å². The number of nitrogens with zero attached hydrogens (tertiary/aromatic N) is 1. The lowest BCUT2D eigenvalue weighted by molar-refractivity contribution is -0.140. The van der Waals surface area contributed by atoms with Gasteiger partial charge in [0, 0.05) is 12.6 Å². The van der Waals surface area contributed by atoms with E-state index in [1.807, 2.05) is 6.92 Å². The molecule has 2 aromatic rings. The molecular formula is C20H21NO6. The van der Waals surface area contributed by atoms with Gasteiger partial charge in [-0.1, -0.05) is 6.92 Å². The molecule has 7 heteroatoms. The van der Waals surface area contributed by atoms with Crippen LogP contribution in [0.2, 0.25) is 0 Å². The molecule has 1 unspecified atom stereocenters. The lowest BCUT2D eigenvalue weighted by atomic mass is 9.98. The van der Waals surface area contributed by atoms with Crippen molar-refractivity contribution in [2.75, 3.05) is 20.8 Å². The van der Waals surface area contributed by atoms with Crippen LogP contribution in [0.15, 0.2) is 46.6 Å². The van der Waals surface area contributed by atoms with Gasteiger partial charge in [0.15, 0.2) is 0 Å². The molecule has 27 heavy (non-hydrogen) atoms. The van der Waals surface area contributed by atoms with Crippen molar-refractivity contribution in [1.29, 1.82) is 0 Å². The minimum Gasteiger partial charge on any atom is -0.507 e. The normalized spacial score (nSPS) is 18.8. The van der Waals surface area contributed by atoms with Crippen LogP contribution in [0.25, 0.3) is 5.76 Å². The van der Waals surface area contributed by atoms with Crippen LogP contribution in [0.3, 0.4) is 0 Å². The molecule has 1 aliphatic heterocycles. The Labute approximate surface area is 156 Å². The largest absolute Gasteiger partial charge is 0.507 e. The van der Waals surface area contributed by atoms with Crippen LogP contribution in [-0.2, 0) is 9.59 Å². The number of aliphatic hydroxyl groups excluding tert-OH is 1. The zero-order valence-electron chi connectivity index (χ0n) is 15.4. The molecule has 7 nitrogen and oxygen atoms in total. The Bertz CT molecular complexity index is 884. The number of ketones is 1. The first-order valence-corrected chi connectivity index (χ1v) is 8.57. The lowest BCUT2D eigenvalue weighted by Crippen LogP contribution is -2.30. The van der Waals surface area contributed by atoms with E-state index in [0.717, 1.165) is 0 Å². The third-order valence-electron chi connectivity index (χ3n) is 4.48. The molecule has 1 saturated heterocycles. The van der Waals surface area contributed by atoms with Gasteiger partial charge in [-0.2, -0.15) is 0 Å². The van der Waals surface area contributed by atoms with Crippen LogP contribution in [0, 0.1) is 0 Å². The molecule has 3 rings (SSSR count). The molecule has 1 N–H and O–H groups in total. The van der Waals surface area contributed by atoms with E-state index in [4.69, 9.17) is 13.9 Å². The van der Waals surface area contributed by atoms with E-state index in [-0.39, 0.29) is 11.3 Å². The van der Waals surface area contributed by atoms with Gasteiger partial charge in [0.1, 0.15) is 29.1 Å². The third-order valence-corrected chi connectivity index (χ3v) is 4.48. The van der Waals surface area contributed by atoms with Gasteiger partial charge >= 0.3 is 0 Å². The zero-order chi connectivity index (χ0) is 19.6. The molecule has 1 amide bonds. The number of benzene rings is 1. The van der Waals surface area contributed by atoms with Crippen molar-refractivity contribution in [3.8, 4) is 11.5 Å². The molecule has 0 spiro atoms. The first kappa shape index (κ1) is 18.6. The highest BCUT2D eigenvalue weighted by atomic mass is 16.5. The first-order chi connectivity index (χ1) is 13.0. The quantitative estimate of drug-likeness (QED) is 0.477. The second kappa shape index (κ2) is 7.57. The molecule has 1 atom stereocenters. The van der Waals surface area contributed by atoms with Crippen molar-refractivity contribution in [2.24, 2.45) is 0 Å². The third kappa shape index (κ3) is 3.16. The highest BCUT2D eigenvalue weighted by Gasteiger charge is 2.47.